The monoisotopic (exact) mass is 577 g/mol. The number of primary amides is 1. The fraction of sp³-hybridized carbons (Fsp3) is 0.312. The molecule has 220 valence electrons. The molecule has 0 bridgehead atoms. The number of hydrogen-bond acceptors (Lipinski definition) is 4. The maximum Gasteiger partial charge on any atom is 0.416 e. The standard InChI is InChI=1S/C32H34F3N5O2/c1-20(2)19-42-28-9-4-6-21(3)29(28)40-30(23-10-12-25(13-11-23)37-31(36)41)26-18-39(15-14-27(26)38-40)17-22-7-5-8-24(16-22)32(33,34)35/h4-13,16,20H,14-15,17-19H2,1-3H3,(H3,36,37,41). The summed E-state index contributed by atoms with van der Waals surface area (Å²) in [5, 5.41) is 7.67. The molecule has 3 aromatic carbocycles. The zero-order valence-corrected chi connectivity index (χ0v) is 23.8. The maximum absolute atomic E-state index is 13.3. The fourth-order valence-corrected chi connectivity index (χ4v) is 5.26. The van der Waals surface area contributed by atoms with Gasteiger partial charge in [-0.25, -0.2) is 9.48 Å². The van der Waals surface area contributed by atoms with Crippen LogP contribution in [0.3, 0.4) is 0 Å². The molecule has 1 aromatic heterocycles. The Morgan fingerprint density at radius 1 is 1.10 bits per heavy atom. The predicted octanol–water partition coefficient (Wildman–Crippen LogP) is 6.95. The van der Waals surface area contributed by atoms with Crippen LogP contribution in [0, 0.1) is 12.8 Å². The van der Waals surface area contributed by atoms with E-state index in [1.54, 1.807) is 18.2 Å². The Morgan fingerprint density at radius 2 is 1.83 bits per heavy atom. The van der Waals surface area contributed by atoms with Crippen LogP contribution in [-0.4, -0.2) is 33.9 Å². The fourth-order valence-electron chi connectivity index (χ4n) is 5.26. The van der Waals surface area contributed by atoms with Crippen molar-refractivity contribution in [3.05, 3.63) is 94.7 Å². The summed E-state index contributed by atoms with van der Waals surface area (Å²) in [7, 11) is 0. The maximum atomic E-state index is 13.3. The number of amides is 2. The van der Waals surface area contributed by atoms with Gasteiger partial charge in [0.2, 0.25) is 0 Å². The lowest BCUT2D eigenvalue weighted by molar-refractivity contribution is -0.137. The molecule has 0 saturated heterocycles. The first kappa shape index (κ1) is 29.2. The number of para-hydroxylation sites is 1. The number of carbonyl (C=O) groups is 1. The minimum Gasteiger partial charge on any atom is -0.491 e. The highest BCUT2D eigenvalue weighted by molar-refractivity contribution is 5.88. The molecule has 0 atom stereocenters. The number of halogens is 3. The van der Waals surface area contributed by atoms with Gasteiger partial charge in [-0.3, -0.25) is 4.90 Å². The molecule has 0 saturated carbocycles. The van der Waals surface area contributed by atoms with Crippen LogP contribution < -0.4 is 15.8 Å². The smallest absolute Gasteiger partial charge is 0.416 e. The molecule has 0 aliphatic carbocycles. The molecule has 0 unspecified atom stereocenters. The number of benzene rings is 3. The van der Waals surface area contributed by atoms with Gasteiger partial charge in [0.15, 0.2) is 0 Å². The Balaban J connectivity index is 1.57. The lowest BCUT2D eigenvalue weighted by atomic mass is 9.99. The number of ether oxygens (including phenoxy) is 1. The number of nitrogens with two attached hydrogens (primary N) is 1. The number of alkyl halides is 3. The Morgan fingerprint density at radius 3 is 2.52 bits per heavy atom. The van der Waals surface area contributed by atoms with Crippen molar-refractivity contribution >= 4 is 11.7 Å². The van der Waals surface area contributed by atoms with Crippen LogP contribution in [0.1, 0.15) is 41.8 Å². The minimum absolute atomic E-state index is 0.332. The van der Waals surface area contributed by atoms with Gasteiger partial charge in [-0.2, -0.15) is 18.3 Å². The van der Waals surface area contributed by atoms with Crippen molar-refractivity contribution in [1.82, 2.24) is 14.7 Å². The number of nitrogens with zero attached hydrogens (tertiary/aromatic N) is 3. The minimum atomic E-state index is -4.39. The van der Waals surface area contributed by atoms with Gasteiger partial charge in [0.25, 0.3) is 0 Å². The SMILES string of the molecule is Cc1cccc(OCC(C)C)c1-n1nc2c(c1-c1ccc(NC(N)=O)cc1)CN(Cc1cccc(C(F)(F)F)c1)CC2. The first-order chi connectivity index (χ1) is 20.0. The average Bonchev–Trinajstić information content (AvgIpc) is 3.30. The number of carbonyl (C=O) groups excluding carboxylic acids is 1. The van der Waals surface area contributed by atoms with E-state index in [4.69, 9.17) is 15.6 Å². The molecular formula is C32H34F3N5O2. The van der Waals surface area contributed by atoms with Crippen molar-refractivity contribution in [2.24, 2.45) is 11.7 Å². The van der Waals surface area contributed by atoms with Gasteiger partial charge in [-0.15, -0.1) is 0 Å². The summed E-state index contributed by atoms with van der Waals surface area (Å²) < 4.78 is 48.2. The van der Waals surface area contributed by atoms with Crippen LogP contribution >= 0.6 is 0 Å². The normalized spacial score (nSPS) is 13.7. The third-order valence-corrected chi connectivity index (χ3v) is 7.18. The Kier molecular flexibility index (Phi) is 8.27. The summed E-state index contributed by atoms with van der Waals surface area (Å²) in [4.78, 5) is 13.5. The molecule has 1 aliphatic rings. The highest BCUT2D eigenvalue weighted by atomic mass is 19.4. The molecule has 0 spiro atoms. The number of urea groups is 1. The van der Waals surface area contributed by atoms with E-state index in [1.165, 1.54) is 12.1 Å². The molecule has 0 fully saturated rings. The first-order valence-corrected chi connectivity index (χ1v) is 13.9. The van der Waals surface area contributed by atoms with Crippen molar-refractivity contribution in [3.63, 3.8) is 0 Å². The van der Waals surface area contributed by atoms with Gasteiger partial charge in [-0.05, 0) is 48.2 Å². The molecule has 0 radical (unpaired) electrons. The van der Waals surface area contributed by atoms with E-state index in [2.05, 4.69) is 24.1 Å². The first-order valence-electron chi connectivity index (χ1n) is 13.9. The number of aryl methyl sites for hydroxylation is 1. The lowest BCUT2D eigenvalue weighted by Crippen LogP contribution is -2.30. The highest BCUT2D eigenvalue weighted by Crippen LogP contribution is 2.38. The molecule has 2 amide bonds. The van der Waals surface area contributed by atoms with Crippen LogP contribution in [0.2, 0.25) is 0 Å². The topological polar surface area (TPSA) is 85.4 Å². The number of anilines is 1. The lowest BCUT2D eigenvalue weighted by Gasteiger charge is -2.27. The summed E-state index contributed by atoms with van der Waals surface area (Å²) >= 11 is 0. The second-order valence-electron chi connectivity index (χ2n) is 11.0. The van der Waals surface area contributed by atoms with Crippen LogP contribution in [-0.2, 0) is 25.7 Å². The van der Waals surface area contributed by atoms with E-state index < -0.39 is 17.8 Å². The second kappa shape index (κ2) is 11.9. The molecule has 1 aliphatic heterocycles. The molecule has 4 aromatic rings. The van der Waals surface area contributed by atoms with E-state index in [-0.39, 0.29) is 0 Å². The van der Waals surface area contributed by atoms with Crippen LogP contribution in [0.15, 0.2) is 66.7 Å². The van der Waals surface area contributed by atoms with Crippen molar-refractivity contribution < 1.29 is 22.7 Å². The van der Waals surface area contributed by atoms with Crippen molar-refractivity contribution in [1.29, 1.82) is 0 Å². The number of aromatic nitrogens is 2. The number of rotatable bonds is 8. The van der Waals surface area contributed by atoms with E-state index in [0.29, 0.717) is 49.8 Å². The van der Waals surface area contributed by atoms with Crippen LogP contribution in [0.5, 0.6) is 5.75 Å². The van der Waals surface area contributed by atoms with Crippen LogP contribution in [0.25, 0.3) is 16.9 Å². The summed E-state index contributed by atoms with van der Waals surface area (Å²) in [6.45, 7) is 8.29. The zero-order chi connectivity index (χ0) is 30.0. The summed E-state index contributed by atoms with van der Waals surface area (Å²) in [6, 6.07) is 18.1. The van der Waals surface area contributed by atoms with E-state index in [1.807, 2.05) is 41.9 Å². The predicted molar refractivity (Wildman–Crippen MR) is 157 cm³/mol. The van der Waals surface area contributed by atoms with Crippen LogP contribution in [0.4, 0.5) is 23.7 Å². The quantitative estimate of drug-likeness (QED) is 0.237. The summed E-state index contributed by atoms with van der Waals surface area (Å²) in [5.74, 6) is 1.05. The Bertz CT molecular complexity index is 1580. The average molecular weight is 578 g/mol. The van der Waals surface area contributed by atoms with Crippen molar-refractivity contribution in [2.75, 3.05) is 18.5 Å². The van der Waals surface area contributed by atoms with Gasteiger partial charge >= 0.3 is 12.2 Å². The van der Waals surface area contributed by atoms with Gasteiger partial charge < -0.3 is 15.8 Å². The third-order valence-electron chi connectivity index (χ3n) is 7.18. The van der Waals surface area contributed by atoms with Gasteiger partial charge in [0.1, 0.15) is 11.4 Å². The molecule has 10 heteroatoms. The summed E-state index contributed by atoms with van der Waals surface area (Å²) in [5.41, 5.74) is 11.3. The highest BCUT2D eigenvalue weighted by Gasteiger charge is 2.31. The van der Waals surface area contributed by atoms with Crippen molar-refractivity contribution in [2.45, 2.75) is 46.5 Å². The van der Waals surface area contributed by atoms with Gasteiger partial charge in [-0.1, -0.05) is 56.3 Å². The van der Waals surface area contributed by atoms with Crippen molar-refractivity contribution in [3.8, 4) is 22.7 Å². The zero-order valence-electron chi connectivity index (χ0n) is 23.8. The molecule has 7 nitrogen and oxygen atoms in total. The van der Waals surface area contributed by atoms with E-state index in [9.17, 15) is 18.0 Å². The largest absolute Gasteiger partial charge is 0.491 e. The Labute approximate surface area is 243 Å². The number of nitrogens with one attached hydrogen (secondary N) is 1. The third kappa shape index (κ3) is 6.44. The molecule has 3 N–H and O–H groups in total. The number of fused-ring (bicyclic) bond motifs is 1. The molecular weight excluding hydrogens is 543 g/mol. The second-order valence-corrected chi connectivity index (χ2v) is 11.0. The molecule has 2 heterocycles. The van der Waals surface area contributed by atoms with Gasteiger partial charge in [0, 0.05) is 42.9 Å². The molecule has 42 heavy (non-hydrogen) atoms. The van der Waals surface area contributed by atoms with E-state index >= 15 is 0 Å². The van der Waals surface area contributed by atoms with E-state index in [0.717, 1.165) is 45.6 Å². The number of hydrogen-bond donors (Lipinski definition) is 2. The molecule has 5 rings (SSSR count). The Hall–Kier alpha value is -4.31. The van der Waals surface area contributed by atoms with Gasteiger partial charge in [0.05, 0.1) is 23.6 Å². The summed E-state index contributed by atoms with van der Waals surface area (Å²) in [6.07, 6.45) is -3.75.